The third kappa shape index (κ3) is 5.19. The summed E-state index contributed by atoms with van der Waals surface area (Å²) < 4.78 is 187. The van der Waals surface area contributed by atoms with Crippen molar-refractivity contribution >= 4 is 23.8 Å². The van der Waals surface area contributed by atoms with Crippen LogP contribution in [0.15, 0.2) is 60.7 Å². The molecule has 1 amide bonds. The number of alkyl carbamates (subject to hydrolysis) is 1. The van der Waals surface area contributed by atoms with Gasteiger partial charge in [-0.3, -0.25) is 0 Å². The van der Waals surface area contributed by atoms with Crippen LogP contribution in [-0.2, 0) is 9.30 Å². The molecule has 2 aromatic rings. The molecule has 0 bridgehead atoms. The molecule has 2 aromatic carbocycles. The fourth-order valence-corrected chi connectivity index (χ4v) is 6.40. The largest absolute Gasteiger partial charge is 0.450 e. The minimum Gasteiger partial charge on any atom is -0.450 e. The van der Waals surface area contributed by atoms with Crippen molar-refractivity contribution < 1.29 is 66.8 Å². The molecule has 17 heteroatoms. The quantitative estimate of drug-likeness (QED) is 0.235. The van der Waals surface area contributed by atoms with E-state index in [1.54, 1.807) is 0 Å². The lowest BCUT2D eigenvalue weighted by Crippen LogP contribution is -2.72. The maximum absolute atomic E-state index is 15.5. The normalized spacial score (nSPS) is 14.7. The molecule has 0 aromatic heterocycles. The number of benzene rings is 2. The number of carbonyl (C=O) groups excluding carboxylic acids is 1. The Morgan fingerprint density at radius 1 is 0.744 bits per heavy atom. The lowest BCUT2D eigenvalue weighted by molar-refractivity contribution is -0.412. The van der Waals surface area contributed by atoms with Crippen LogP contribution in [0.25, 0.3) is 0 Å². The standard InChI is InChI=1S/C22H18F12NO3P/c1-2-38-17(36)35-16(39(37,13-9-5-3-6-10-13)14-11-7-4-8-12-14)19(27,28)21(31,32)22(33,34)20(29,30)18(25,26)15(23)24/h3-12,15-16H,2H2,1H3,(H,35,36). The van der Waals surface area contributed by atoms with Gasteiger partial charge in [-0.15, -0.1) is 0 Å². The van der Waals surface area contributed by atoms with Gasteiger partial charge in [0, 0.05) is 10.6 Å². The first-order valence-corrected chi connectivity index (χ1v) is 12.3. The summed E-state index contributed by atoms with van der Waals surface area (Å²) >= 11 is 0. The van der Waals surface area contributed by atoms with Crippen molar-refractivity contribution in [2.24, 2.45) is 0 Å². The van der Waals surface area contributed by atoms with Crippen molar-refractivity contribution in [2.45, 2.75) is 48.7 Å². The number of hydrogen-bond donors (Lipinski definition) is 1. The van der Waals surface area contributed by atoms with E-state index in [0.29, 0.717) is 0 Å². The minimum absolute atomic E-state index is 0.643. The number of carbonyl (C=O) groups is 1. The molecule has 0 aliphatic carbocycles. The van der Waals surface area contributed by atoms with Gasteiger partial charge in [0.2, 0.25) is 0 Å². The molecule has 0 saturated heterocycles. The highest BCUT2D eigenvalue weighted by molar-refractivity contribution is 7.79. The van der Waals surface area contributed by atoms with Gasteiger partial charge in [0.15, 0.2) is 12.9 Å². The summed E-state index contributed by atoms with van der Waals surface area (Å²) in [6.07, 6.45) is -7.74. The van der Waals surface area contributed by atoms with Gasteiger partial charge in [-0.25, -0.2) is 13.6 Å². The average Bonchev–Trinajstić information content (AvgIpc) is 2.87. The summed E-state index contributed by atoms with van der Waals surface area (Å²) in [6, 6.07) is 9.76. The molecule has 1 atom stereocenters. The topological polar surface area (TPSA) is 55.4 Å². The second-order valence-electron chi connectivity index (χ2n) is 7.87. The summed E-state index contributed by atoms with van der Waals surface area (Å²) in [6.45, 7) is 0.437. The second kappa shape index (κ2) is 10.9. The number of halogens is 12. The predicted octanol–water partition coefficient (Wildman–Crippen LogP) is 6.51. The number of ether oxygens (including phenoxy) is 1. The van der Waals surface area contributed by atoms with Crippen molar-refractivity contribution in [3.63, 3.8) is 0 Å². The molecular weight excluding hydrogens is 585 g/mol. The highest BCUT2D eigenvalue weighted by Gasteiger charge is 2.89. The van der Waals surface area contributed by atoms with Crippen LogP contribution in [0.5, 0.6) is 0 Å². The maximum atomic E-state index is 15.5. The number of amides is 1. The highest BCUT2D eigenvalue weighted by atomic mass is 31.2. The molecule has 0 aliphatic rings. The van der Waals surface area contributed by atoms with Gasteiger partial charge in [-0.1, -0.05) is 60.7 Å². The molecule has 2 rings (SSSR count). The fraction of sp³-hybridized carbons (Fsp3) is 0.409. The van der Waals surface area contributed by atoms with Crippen molar-refractivity contribution in [2.75, 3.05) is 6.61 Å². The lowest BCUT2D eigenvalue weighted by Gasteiger charge is -2.43. The molecule has 0 saturated carbocycles. The fourth-order valence-electron chi connectivity index (χ4n) is 3.36. The first-order valence-electron chi connectivity index (χ1n) is 10.6. The van der Waals surface area contributed by atoms with E-state index >= 15 is 8.78 Å². The Morgan fingerprint density at radius 2 is 1.13 bits per heavy atom. The molecule has 0 spiro atoms. The zero-order valence-corrected chi connectivity index (χ0v) is 20.2. The Balaban J connectivity index is 2.91. The van der Waals surface area contributed by atoms with Crippen molar-refractivity contribution in [3.8, 4) is 0 Å². The molecule has 1 unspecified atom stereocenters. The molecule has 0 aliphatic heterocycles. The smallest absolute Gasteiger partial charge is 0.407 e. The molecule has 0 heterocycles. The van der Waals surface area contributed by atoms with Crippen LogP contribution in [0.1, 0.15) is 6.92 Å². The minimum atomic E-state index is -7.89. The third-order valence-corrected chi connectivity index (χ3v) is 8.73. The van der Waals surface area contributed by atoms with Crippen LogP contribution in [0.2, 0.25) is 0 Å². The van der Waals surface area contributed by atoms with Crippen LogP contribution >= 0.6 is 7.14 Å². The van der Waals surface area contributed by atoms with Crippen LogP contribution in [0, 0.1) is 0 Å². The van der Waals surface area contributed by atoms with E-state index in [-0.39, 0.29) is 0 Å². The summed E-state index contributed by atoms with van der Waals surface area (Å²) in [5.74, 6) is -41.3. The van der Waals surface area contributed by atoms with Crippen molar-refractivity contribution in [1.82, 2.24) is 5.32 Å². The van der Waals surface area contributed by atoms with E-state index < -0.39 is 72.3 Å². The predicted molar refractivity (Wildman–Crippen MR) is 114 cm³/mol. The molecule has 4 nitrogen and oxygen atoms in total. The monoisotopic (exact) mass is 603 g/mol. The van der Waals surface area contributed by atoms with Gasteiger partial charge in [-0.05, 0) is 6.92 Å². The van der Waals surface area contributed by atoms with Crippen LogP contribution in [0.4, 0.5) is 57.5 Å². The molecular formula is C22H18F12NO3P. The zero-order chi connectivity index (χ0) is 30.1. The van der Waals surface area contributed by atoms with Gasteiger partial charge in [-0.2, -0.15) is 43.9 Å². The molecule has 1 N–H and O–H groups in total. The summed E-state index contributed by atoms with van der Waals surface area (Å²) in [5, 5.41) is -0.562. The number of nitrogens with one attached hydrogen (secondary N) is 1. The number of hydrogen-bond acceptors (Lipinski definition) is 3. The van der Waals surface area contributed by atoms with Crippen molar-refractivity contribution in [1.29, 1.82) is 0 Å². The van der Waals surface area contributed by atoms with Crippen LogP contribution < -0.4 is 15.9 Å². The van der Waals surface area contributed by atoms with Crippen molar-refractivity contribution in [3.05, 3.63) is 60.7 Å². The zero-order valence-electron chi connectivity index (χ0n) is 19.3. The Hall–Kier alpha value is -2.90. The van der Waals surface area contributed by atoms with E-state index in [1.165, 1.54) is 12.1 Å². The third-order valence-electron chi connectivity index (χ3n) is 5.42. The Morgan fingerprint density at radius 3 is 1.49 bits per heavy atom. The Labute approximate surface area is 212 Å². The molecule has 0 fully saturated rings. The first kappa shape index (κ1) is 32.3. The SMILES string of the molecule is CCOC(=O)NC(C(F)(F)C(F)(F)C(F)(F)C(F)(F)C(F)(F)C(F)F)P(=O)(c1ccccc1)c1ccccc1. The number of rotatable bonds is 11. The van der Waals surface area contributed by atoms with E-state index in [0.717, 1.165) is 60.8 Å². The second-order valence-corrected chi connectivity index (χ2v) is 10.7. The van der Waals surface area contributed by atoms with Gasteiger partial charge in [0.25, 0.3) is 0 Å². The van der Waals surface area contributed by atoms with E-state index in [2.05, 4.69) is 4.74 Å². The lowest BCUT2D eigenvalue weighted by atomic mass is 9.94. The molecule has 218 valence electrons. The highest BCUT2D eigenvalue weighted by Crippen LogP contribution is 2.63. The van der Waals surface area contributed by atoms with Crippen LogP contribution in [-0.4, -0.2) is 54.5 Å². The van der Waals surface area contributed by atoms with E-state index in [9.17, 15) is 53.3 Å². The summed E-state index contributed by atoms with van der Waals surface area (Å²) in [4.78, 5) is 12.0. The van der Waals surface area contributed by atoms with Gasteiger partial charge in [0.1, 0.15) is 0 Å². The molecule has 0 radical (unpaired) electrons. The summed E-state index contributed by atoms with van der Waals surface area (Å²) in [7, 11) is -5.57. The average molecular weight is 603 g/mol. The van der Waals surface area contributed by atoms with Crippen LogP contribution in [0.3, 0.4) is 0 Å². The van der Waals surface area contributed by atoms with Gasteiger partial charge >= 0.3 is 42.1 Å². The van der Waals surface area contributed by atoms with E-state index in [1.807, 2.05) is 0 Å². The number of alkyl halides is 12. The Bertz CT molecular complexity index is 1140. The Kier molecular flexibility index (Phi) is 9.06. The maximum Gasteiger partial charge on any atom is 0.407 e. The molecule has 39 heavy (non-hydrogen) atoms. The van der Waals surface area contributed by atoms with Gasteiger partial charge in [0.05, 0.1) is 6.61 Å². The summed E-state index contributed by atoms with van der Waals surface area (Å²) in [5.41, 5.74) is 0. The van der Waals surface area contributed by atoms with Gasteiger partial charge < -0.3 is 14.6 Å². The van der Waals surface area contributed by atoms with E-state index in [4.69, 9.17) is 0 Å². The first-order chi connectivity index (χ1) is 17.7.